The van der Waals surface area contributed by atoms with Crippen LogP contribution in [-0.2, 0) is 14.6 Å². The summed E-state index contributed by atoms with van der Waals surface area (Å²) in [5, 5.41) is 0. The molecule has 2 saturated heterocycles. The van der Waals surface area contributed by atoms with Gasteiger partial charge < -0.3 is 9.47 Å². The molecule has 0 aromatic heterocycles. The Morgan fingerprint density at radius 1 is 1.32 bits per heavy atom. The molecule has 2 fully saturated rings. The quantitative estimate of drug-likeness (QED) is 0.803. The van der Waals surface area contributed by atoms with Crippen LogP contribution in [0, 0.1) is 0 Å². The van der Waals surface area contributed by atoms with Gasteiger partial charge in [0.15, 0.2) is 9.84 Å². The predicted octanol–water partition coefficient (Wildman–Crippen LogP) is 0.817. The van der Waals surface area contributed by atoms with E-state index in [0.29, 0.717) is 11.4 Å². The number of anilines is 1. The summed E-state index contributed by atoms with van der Waals surface area (Å²) in [7, 11) is -1.65. The monoisotopic (exact) mass is 283 g/mol. The molecule has 1 amide bonds. The zero-order valence-corrected chi connectivity index (χ0v) is 11.1. The van der Waals surface area contributed by atoms with Crippen LogP contribution in [0.2, 0.25) is 0 Å². The van der Waals surface area contributed by atoms with Crippen molar-refractivity contribution >= 4 is 21.6 Å². The Bertz CT molecular complexity index is 627. The van der Waals surface area contributed by atoms with Gasteiger partial charge in [-0.1, -0.05) is 12.1 Å². The molecule has 3 rings (SSSR count). The van der Waals surface area contributed by atoms with Crippen LogP contribution >= 0.6 is 0 Å². The lowest BCUT2D eigenvalue weighted by molar-refractivity contribution is 0.147. The molecule has 0 N–H and O–H groups in total. The number of carbonyl (C=O) groups is 1. The third kappa shape index (κ3) is 1.94. The van der Waals surface area contributed by atoms with Gasteiger partial charge in [0.1, 0.15) is 11.9 Å². The second-order valence-corrected chi connectivity index (χ2v) is 6.76. The molecule has 2 heterocycles. The first-order chi connectivity index (χ1) is 9.02. The first kappa shape index (κ1) is 12.3. The van der Waals surface area contributed by atoms with Crippen LogP contribution < -0.4 is 9.64 Å². The number of fused-ring (bicyclic) bond motifs is 1. The molecule has 2 aliphatic rings. The van der Waals surface area contributed by atoms with Crippen LogP contribution in [0.4, 0.5) is 10.5 Å². The highest BCUT2D eigenvalue weighted by atomic mass is 32.2. The van der Waals surface area contributed by atoms with E-state index in [2.05, 4.69) is 0 Å². The number of rotatable bonds is 2. The number of carbonyl (C=O) groups excluding carboxylic acids is 1. The number of ether oxygens (including phenoxy) is 2. The van der Waals surface area contributed by atoms with Crippen LogP contribution in [0.25, 0.3) is 0 Å². The molecule has 102 valence electrons. The molecule has 6 nitrogen and oxygen atoms in total. The van der Waals surface area contributed by atoms with E-state index in [-0.39, 0.29) is 11.5 Å². The first-order valence-electron chi connectivity index (χ1n) is 5.85. The lowest BCUT2D eigenvalue weighted by atomic mass is 10.2. The van der Waals surface area contributed by atoms with Gasteiger partial charge in [-0.3, -0.25) is 4.90 Å². The Balaban J connectivity index is 2.02. The van der Waals surface area contributed by atoms with Crippen LogP contribution in [-0.4, -0.2) is 45.3 Å². The van der Waals surface area contributed by atoms with E-state index < -0.39 is 28.1 Å². The van der Waals surface area contributed by atoms with Crippen molar-refractivity contribution in [3.05, 3.63) is 24.3 Å². The molecule has 2 atom stereocenters. The molecule has 19 heavy (non-hydrogen) atoms. The summed E-state index contributed by atoms with van der Waals surface area (Å²) in [5.74, 6) is 0.348. The Morgan fingerprint density at radius 2 is 2.05 bits per heavy atom. The van der Waals surface area contributed by atoms with Crippen molar-refractivity contribution in [1.29, 1.82) is 0 Å². The molecule has 1 aromatic rings. The Morgan fingerprint density at radius 3 is 2.79 bits per heavy atom. The smallest absolute Gasteiger partial charge is 0.415 e. The van der Waals surface area contributed by atoms with Gasteiger partial charge in [0.25, 0.3) is 0 Å². The molecule has 2 aliphatic heterocycles. The van der Waals surface area contributed by atoms with E-state index in [4.69, 9.17) is 9.47 Å². The highest BCUT2D eigenvalue weighted by Gasteiger charge is 2.51. The van der Waals surface area contributed by atoms with Gasteiger partial charge in [-0.25, -0.2) is 13.2 Å². The number of nitrogens with zero attached hydrogens (tertiary/aromatic N) is 1. The maximum absolute atomic E-state index is 11.9. The van der Waals surface area contributed by atoms with Gasteiger partial charge in [-0.15, -0.1) is 0 Å². The fourth-order valence-corrected chi connectivity index (χ4v) is 4.39. The van der Waals surface area contributed by atoms with Gasteiger partial charge in [0.2, 0.25) is 0 Å². The van der Waals surface area contributed by atoms with Crippen molar-refractivity contribution in [2.75, 3.05) is 23.5 Å². The molecule has 0 unspecified atom stereocenters. The zero-order chi connectivity index (χ0) is 13.6. The number of para-hydroxylation sites is 2. The Hall–Kier alpha value is -1.76. The van der Waals surface area contributed by atoms with Crippen LogP contribution in [0.1, 0.15) is 0 Å². The lowest BCUT2D eigenvalue weighted by Gasteiger charge is -2.21. The number of hydrogen-bond donors (Lipinski definition) is 0. The summed E-state index contributed by atoms with van der Waals surface area (Å²) in [4.78, 5) is 13.3. The van der Waals surface area contributed by atoms with Crippen LogP contribution in [0.5, 0.6) is 5.75 Å². The van der Waals surface area contributed by atoms with Crippen molar-refractivity contribution in [3.8, 4) is 5.75 Å². The molecule has 0 radical (unpaired) electrons. The second kappa shape index (κ2) is 4.12. The SMILES string of the molecule is COc1ccccc1N1C(=O)O[C@@H]2CS(=O)(=O)C[C@H]21. The van der Waals surface area contributed by atoms with E-state index >= 15 is 0 Å². The average Bonchev–Trinajstić information content (AvgIpc) is 2.79. The second-order valence-electron chi connectivity index (χ2n) is 4.61. The van der Waals surface area contributed by atoms with Crippen molar-refractivity contribution in [2.24, 2.45) is 0 Å². The molecular formula is C12H13NO5S. The fourth-order valence-electron chi connectivity index (χ4n) is 2.58. The van der Waals surface area contributed by atoms with Crippen LogP contribution in [0.3, 0.4) is 0 Å². The Kier molecular flexibility index (Phi) is 2.67. The van der Waals surface area contributed by atoms with E-state index in [0.717, 1.165) is 0 Å². The average molecular weight is 283 g/mol. The van der Waals surface area contributed by atoms with Gasteiger partial charge in [-0.05, 0) is 12.1 Å². The van der Waals surface area contributed by atoms with Crippen molar-refractivity contribution in [2.45, 2.75) is 12.1 Å². The van der Waals surface area contributed by atoms with Crippen molar-refractivity contribution in [1.82, 2.24) is 0 Å². The van der Waals surface area contributed by atoms with Gasteiger partial charge >= 0.3 is 6.09 Å². The zero-order valence-electron chi connectivity index (χ0n) is 10.3. The topological polar surface area (TPSA) is 72.9 Å². The highest BCUT2D eigenvalue weighted by Crippen LogP contribution is 2.37. The molecule has 7 heteroatoms. The summed E-state index contributed by atoms with van der Waals surface area (Å²) < 4.78 is 33.6. The van der Waals surface area contributed by atoms with E-state index in [1.54, 1.807) is 24.3 Å². The summed E-state index contributed by atoms with van der Waals surface area (Å²) in [6.45, 7) is 0. The number of methoxy groups -OCH3 is 1. The largest absolute Gasteiger partial charge is 0.495 e. The predicted molar refractivity (Wildman–Crippen MR) is 68.2 cm³/mol. The summed E-state index contributed by atoms with van der Waals surface area (Å²) in [6.07, 6.45) is -1.10. The van der Waals surface area contributed by atoms with Gasteiger partial charge in [0.05, 0.1) is 30.3 Å². The van der Waals surface area contributed by atoms with Crippen molar-refractivity contribution in [3.63, 3.8) is 0 Å². The molecule has 0 saturated carbocycles. The fraction of sp³-hybridized carbons (Fsp3) is 0.417. The number of amides is 1. The third-order valence-corrected chi connectivity index (χ3v) is 5.08. The third-order valence-electron chi connectivity index (χ3n) is 3.40. The number of sulfone groups is 1. The maximum Gasteiger partial charge on any atom is 0.415 e. The first-order valence-corrected chi connectivity index (χ1v) is 7.67. The molecule has 1 aromatic carbocycles. The van der Waals surface area contributed by atoms with Gasteiger partial charge in [-0.2, -0.15) is 0 Å². The molecule has 0 spiro atoms. The number of benzene rings is 1. The summed E-state index contributed by atoms with van der Waals surface area (Å²) in [5.41, 5.74) is 0.541. The van der Waals surface area contributed by atoms with E-state index in [1.807, 2.05) is 0 Å². The minimum absolute atomic E-state index is 0.0680. The van der Waals surface area contributed by atoms with Crippen LogP contribution in [0.15, 0.2) is 24.3 Å². The Labute approximate surface area is 110 Å². The molecule has 0 bridgehead atoms. The van der Waals surface area contributed by atoms with Crippen molar-refractivity contribution < 1.29 is 22.7 Å². The molecule has 0 aliphatic carbocycles. The van der Waals surface area contributed by atoms with E-state index in [1.165, 1.54) is 12.0 Å². The summed E-state index contributed by atoms with van der Waals surface area (Å²) >= 11 is 0. The number of hydrogen-bond acceptors (Lipinski definition) is 5. The summed E-state index contributed by atoms with van der Waals surface area (Å²) in [6, 6.07) is 6.52. The normalized spacial score (nSPS) is 28.1. The minimum Gasteiger partial charge on any atom is -0.495 e. The highest BCUT2D eigenvalue weighted by molar-refractivity contribution is 7.91. The minimum atomic E-state index is -3.15. The van der Waals surface area contributed by atoms with Gasteiger partial charge in [0, 0.05) is 0 Å². The van der Waals surface area contributed by atoms with E-state index in [9.17, 15) is 13.2 Å². The maximum atomic E-state index is 11.9. The molecular weight excluding hydrogens is 270 g/mol. The standard InChI is InChI=1S/C12H13NO5S/c1-17-10-5-3-2-4-8(10)13-9-6-19(15,16)7-11(9)18-12(13)14/h2-5,9,11H,6-7H2,1H3/t9-,11-/m1/s1. The lowest BCUT2D eigenvalue weighted by Crippen LogP contribution is -2.37.